The highest BCUT2D eigenvalue weighted by molar-refractivity contribution is 5.94. The molecule has 1 amide bonds. The molecule has 1 N–H and O–H groups in total. The Labute approximate surface area is 156 Å². The van der Waals surface area contributed by atoms with Crippen molar-refractivity contribution in [3.05, 3.63) is 70.3 Å². The van der Waals surface area contributed by atoms with E-state index in [2.05, 4.69) is 48.3 Å². The molecule has 26 heavy (non-hydrogen) atoms. The molecular weight excluding hydrogens is 324 g/mol. The van der Waals surface area contributed by atoms with Crippen LogP contribution < -0.4 is 5.32 Å². The van der Waals surface area contributed by atoms with Gasteiger partial charge in [-0.2, -0.15) is 0 Å². The van der Waals surface area contributed by atoms with Crippen LogP contribution in [0.4, 0.5) is 0 Å². The molecule has 1 aliphatic heterocycles. The van der Waals surface area contributed by atoms with Gasteiger partial charge < -0.3 is 10.1 Å². The van der Waals surface area contributed by atoms with Crippen LogP contribution in [0.3, 0.4) is 0 Å². The van der Waals surface area contributed by atoms with Gasteiger partial charge in [-0.05, 0) is 49.6 Å². The lowest BCUT2D eigenvalue weighted by atomic mass is 10.00. The molecule has 138 valence electrons. The van der Waals surface area contributed by atoms with E-state index in [4.69, 9.17) is 4.74 Å². The second kappa shape index (κ2) is 8.47. The fourth-order valence-electron chi connectivity index (χ4n) is 3.50. The molecule has 0 radical (unpaired) electrons. The second-order valence-electron chi connectivity index (χ2n) is 7.14. The highest BCUT2D eigenvalue weighted by atomic mass is 16.5. The van der Waals surface area contributed by atoms with Gasteiger partial charge in [0.25, 0.3) is 5.91 Å². The van der Waals surface area contributed by atoms with Crippen molar-refractivity contribution < 1.29 is 9.53 Å². The summed E-state index contributed by atoms with van der Waals surface area (Å²) in [6.07, 6.45) is 0. The van der Waals surface area contributed by atoms with E-state index in [1.54, 1.807) is 0 Å². The summed E-state index contributed by atoms with van der Waals surface area (Å²) in [6.45, 7) is 10.5. The van der Waals surface area contributed by atoms with Gasteiger partial charge in [-0.15, -0.1) is 0 Å². The highest BCUT2D eigenvalue weighted by Crippen LogP contribution is 2.19. The Kier molecular flexibility index (Phi) is 6.07. The van der Waals surface area contributed by atoms with Gasteiger partial charge in [0.2, 0.25) is 0 Å². The van der Waals surface area contributed by atoms with Crippen LogP contribution in [0, 0.1) is 13.8 Å². The van der Waals surface area contributed by atoms with Gasteiger partial charge in [0.1, 0.15) is 0 Å². The van der Waals surface area contributed by atoms with Gasteiger partial charge in [-0.3, -0.25) is 9.69 Å². The maximum absolute atomic E-state index is 12.7. The van der Waals surface area contributed by atoms with Crippen LogP contribution in [0.5, 0.6) is 0 Å². The number of hydrogen-bond donors (Lipinski definition) is 1. The van der Waals surface area contributed by atoms with E-state index in [1.807, 2.05) is 25.1 Å². The Morgan fingerprint density at radius 1 is 1.15 bits per heavy atom. The third-order valence-electron chi connectivity index (χ3n) is 4.94. The zero-order chi connectivity index (χ0) is 18.5. The van der Waals surface area contributed by atoms with Crippen molar-refractivity contribution in [3.63, 3.8) is 0 Å². The number of ether oxygens (including phenoxy) is 1. The average molecular weight is 352 g/mol. The largest absolute Gasteiger partial charge is 0.379 e. The first-order valence-electron chi connectivity index (χ1n) is 9.30. The van der Waals surface area contributed by atoms with Gasteiger partial charge in [0.15, 0.2) is 0 Å². The summed E-state index contributed by atoms with van der Waals surface area (Å²) < 4.78 is 5.40. The number of nitrogens with zero attached hydrogens (tertiary/aromatic N) is 1. The summed E-state index contributed by atoms with van der Waals surface area (Å²) in [6, 6.07) is 14.3. The van der Waals surface area contributed by atoms with Crippen molar-refractivity contribution in [2.24, 2.45) is 0 Å². The first kappa shape index (κ1) is 18.6. The summed E-state index contributed by atoms with van der Waals surface area (Å²) in [5.41, 5.74) is 5.49. The highest BCUT2D eigenvalue weighted by Gasteiger charge is 2.15. The van der Waals surface area contributed by atoms with Gasteiger partial charge in [-0.25, -0.2) is 0 Å². The molecule has 1 aliphatic rings. The first-order chi connectivity index (χ1) is 12.5. The van der Waals surface area contributed by atoms with E-state index in [-0.39, 0.29) is 11.9 Å². The van der Waals surface area contributed by atoms with Crippen LogP contribution in [0.1, 0.15) is 45.6 Å². The lowest BCUT2D eigenvalue weighted by molar-refractivity contribution is 0.0342. The van der Waals surface area contributed by atoms with E-state index < -0.39 is 0 Å². The number of benzene rings is 2. The molecule has 0 bridgehead atoms. The molecule has 4 heteroatoms. The summed E-state index contributed by atoms with van der Waals surface area (Å²) >= 11 is 0. The topological polar surface area (TPSA) is 41.6 Å². The Morgan fingerprint density at radius 3 is 2.65 bits per heavy atom. The van der Waals surface area contributed by atoms with E-state index in [0.29, 0.717) is 5.56 Å². The quantitative estimate of drug-likeness (QED) is 0.893. The van der Waals surface area contributed by atoms with Crippen molar-refractivity contribution in [1.82, 2.24) is 10.2 Å². The van der Waals surface area contributed by atoms with Crippen LogP contribution in [0.2, 0.25) is 0 Å². The number of rotatable bonds is 5. The minimum atomic E-state index is -0.0266. The molecular formula is C22H28N2O2. The SMILES string of the molecule is Cc1ccc(C(C)NC(=O)c2cccc(CN3CCOCC3)c2)c(C)c1. The van der Waals surface area contributed by atoms with Gasteiger partial charge in [-0.1, -0.05) is 35.9 Å². The fourth-order valence-corrected chi connectivity index (χ4v) is 3.50. The molecule has 0 aliphatic carbocycles. The van der Waals surface area contributed by atoms with Crippen molar-refractivity contribution in [3.8, 4) is 0 Å². The van der Waals surface area contributed by atoms with E-state index >= 15 is 0 Å². The Morgan fingerprint density at radius 2 is 1.92 bits per heavy atom. The number of carbonyl (C=O) groups excluding carboxylic acids is 1. The number of hydrogen-bond acceptors (Lipinski definition) is 3. The molecule has 1 heterocycles. The molecule has 1 fully saturated rings. The van der Waals surface area contributed by atoms with Crippen molar-refractivity contribution in [2.75, 3.05) is 26.3 Å². The molecule has 3 rings (SSSR count). The maximum atomic E-state index is 12.7. The lowest BCUT2D eigenvalue weighted by Gasteiger charge is -2.26. The molecule has 1 unspecified atom stereocenters. The molecule has 0 saturated carbocycles. The van der Waals surface area contributed by atoms with Crippen LogP contribution in [-0.2, 0) is 11.3 Å². The van der Waals surface area contributed by atoms with Crippen LogP contribution in [0.15, 0.2) is 42.5 Å². The third-order valence-corrected chi connectivity index (χ3v) is 4.94. The molecule has 0 aromatic heterocycles. The van der Waals surface area contributed by atoms with Crippen molar-refractivity contribution in [1.29, 1.82) is 0 Å². The number of aryl methyl sites for hydroxylation is 2. The maximum Gasteiger partial charge on any atom is 0.251 e. The summed E-state index contributed by atoms with van der Waals surface area (Å²) in [7, 11) is 0. The lowest BCUT2D eigenvalue weighted by Crippen LogP contribution is -2.35. The minimum Gasteiger partial charge on any atom is -0.379 e. The Bertz CT molecular complexity index is 766. The van der Waals surface area contributed by atoms with E-state index in [0.717, 1.165) is 38.4 Å². The predicted molar refractivity (Wildman–Crippen MR) is 104 cm³/mol. The third kappa shape index (κ3) is 4.71. The molecule has 2 aromatic rings. The van der Waals surface area contributed by atoms with Crippen molar-refractivity contribution in [2.45, 2.75) is 33.4 Å². The normalized spacial score (nSPS) is 16.3. The van der Waals surface area contributed by atoms with Crippen molar-refractivity contribution >= 4 is 5.91 Å². The standard InChI is InChI=1S/C22H28N2O2/c1-16-7-8-21(17(2)13-16)18(3)23-22(25)20-6-4-5-19(14-20)15-24-9-11-26-12-10-24/h4-8,13-14,18H,9-12,15H2,1-3H3,(H,23,25). The Balaban J connectivity index is 1.66. The monoisotopic (exact) mass is 352 g/mol. The number of carbonyl (C=O) groups is 1. The second-order valence-corrected chi connectivity index (χ2v) is 7.14. The van der Waals surface area contributed by atoms with Crippen LogP contribution in [-0.4, -0.2) is 37.1 Å². The summed E-state index contributed by atoms with van der Waals surface area (Å²) in [5, 5.41) is 3.13. The average Bonchev–Trinajstić information content (AvgIpc) is 2.62. The first-order valence-corrected chi connectivity index (χ1v) is 9.30. The number of nitrogens with one attached hydrogen (secondary N) is 1. The number of amides is 1. The summed E-state index contributed by atoms with van der Waals surface area (Å²) in [5.74, 6) is -0.0266. The zero-order valence-corrected chi connectivity index (χ0v) is 15.9. The number of morpholine rings is 1. The van der Waals surface area contributed by atoms with Gasteiger partial charge in [0.05, 0.1) is 19.3 Å². The molecule has 1 atom stereocenters. The van der Waals surface area contributed by atoms with Gasteiger partial charge in [0, 0.05) is 25.2 Å². The van der Waals surface area contributed by atoms with Gasteiger partial charge >= 0.3 is 0 Å². The summed E-state index contributed by atoms with van der Waals surface area (Å²) in [4.78, 5) is 15.1. The van der Waals surface area contributed by atoms with E-state index in [1.165, 1.54) is 16.7 Å². The Hall–Kier alpha value is -2.17. The zero-order valence-electron chi connectivity index (χ0n) is 15.9. The minimum absolute atomic E-state index is 0.0222. The molecule has 4 nitrogen and oxygen atoms in total. The fraction of sp³-hybridized carbons (Fsp3) is 0.409. The molecule has 2 aromatic carbocycles. The van der Waals surface area contributed by atoms with Crippen LogP contribution in [0.25, 0.3) is 0 Å². The van der Waals surface area contributed by atoms with Crippen LogP contribution >= 0.6 is 0 Å². The molecule has 0 spiro atoms. The van der Waals surface area contributed by atoms with E-state index in [9.17, 15) is 4.79 Å². The predicted octanol–water partition coefficient (Wildman–Crippen LogP) is 3.63. The molecule has 1 saturated heterocycles. The smallest absolute Gasteiger partial charge is 0.251 e.